The monoisotopic (exact) mass is 304 g/mol. The van der Waals surface area contributed by atoms with Gasteiger partial charge in [-0.3, -0.25) is 0 Å². The molecule has 2 aliphatic rings. The van der Waals surface area contributed by atoms with Crippen molar-refractivity contribution < 1.29 is 4.74 Å². The van der Waals surface area contributed by atoms with Gasteiger partial charge in [0.15, 0.2) is 0 Å². The molecule has 5 atom stereocenters. The van der Waals surface area contributed by atoms with Crippen LogP contribution in [0.5, 0.6) is 0 Å². The number of hydrogen-bond donors (Lipinski definition) is 0. The van der Waals surface area contributed by atoms with Crippen LogP contribution in [-0.2, 0) is 11.3 Å². The van der Waals surface area contributed by atoms with Crippen molar-refractivity contribution in [3.63, 3.8) is 0 Å². The zero-order chi connectivity index (χ0) is 14.7. The second-order valence-electron chi connectivity index (χ2n) is 7.13. The Hall–Kier alpha value is -0.390. The van der Waals surface area contributed by atoms with Gasteiger partial charge in [-0.1, -0.05) is 44.2 Å². The summed E-state index contributed by atoms with van der Waals surface area (Å²) in [6, 6.07) is 10.6. The van der Waals surface area contributed by atoms with Crippen molar-refractivity contribution in [2.24, 2.45) is 17.8 Å². The summed E-state index contributed by atoms with van der Waals surface area (Å²) in [5.41, 5.74) is 2.34. The van der Waals surface area contributed by atoms with Crippen LogP contribution in [0, 0.1) is 17.8 Å². The summed E-state index contributed by atoms with van der Waals surface area (Å²) >= 11 is 0. The molecular formula is C19H29OP. The highest BCUT2D eigenvalue weighted by Gasteiger charge is 2.40. The van der Waals surface area contributed by atoms with Gasteiger partial charge in [0.25, 0.3) is 0 Å². The summed E-state index contributed by atoms with van der Waals surface area (Å²) in [5.74, 6) is 2.97. The zero-order valence-corrected chi connectivity index (χ0v) is 14.4. The molecule has 1 aliphatic carbocycles. The lowest BCUT2D eigenvalue weighted by Gasteiger charge is -2.47. The smallest absolute Gasteiger partial charge is 0.0717 e. The first-order valence-electron chi connectivity index (χ1n) is 8.59. The van der Waals surface area contributed by atoms with E-state index in [9.17, 15) is 0 Å². The van der Waals surface area contributed by atoms with E-state index in [1.165, 1.54) is 37.1 Å². The van der Waals surface area contributed by atoms with E-state index in [-0.39, 0.29) is 7.92 Å². The van der Waals surface area contributed by atoms with E-state index in [0.717, 1.165) is 36.6 Å². The van der Waals surface area contributed by atoms with E-state index in [2.05, 4.69) is 44.2 Å². The molecule has 0 aromatic heterocycles. The molecule has 2 unspecified atom stereocenters. The Morgan fingerprint density at radius 1 is 1.10 bits per heavy atom. The van der Waals surface area contributed by atoms with Crippen LogP contribution in [0.2, 0.25) is 0 Å². The summed E-state index contributed by atoms with van der Waals surface area (Å²) in [6.07, 6.45) is 7.32. The summed E-state index contributed by atoms with van der Waals surface area (Å²) in [6.45, 7) is 6.73. The molecule has 0 radical (unpaired) electrons. The molecule has 1 aromatic rings. The Balaban J connectivity index is 1.46. The maximum Gasteiger partial charge on any atom is 0.0717 e. The highest BCUT2D eigenvalue weighted by Crippen LogP contribution is 2.58. The third kappa shape index (κ3) is 3.88. The average molecular weight is 304 g/mol. The van der Waals surface area contributed by atoms with Crippen molar-refractivity contribution in [2.45, 2.75) is 45.4 Å². The van der Waals surface area contributed by atoms with Crippen molar-refractivity contribution in [1.29, 1.82) is 0 Å². The normalized spacial score (nSPS) is 35.6. The Labute approximate surface area is 131 Å². The van der Waals surface area contributed by atoms with E-state index in [0.29, 0.717) is 0 Å². The Morgan fingerprint density at radius 2 is 1.90 bits per heavy atom. The third-order valence-corrected chi connectivity index (χ3v) is 9.08. The number of benzene rings is 1. The predicted molar refractivity (Wildman–Crippen MR) is 92.2 cm³/mol. The van der Waals surface area contributed by atoms with Crippen LogP contribution in [0.15, 0.2) is 30.3 Å². The number of fused-ring (bicyclic) bond motifs is 2. The predicted octanol–water partition coefficient (Wildman–Crippen LogP) is 5.14. The minimum atomic E-state index is 0.205. The van der Waals surface area contributed by atoms with Gasteiger partial charge in [-0.15, -0.1) is 7.92 Å². The molecule has 0 N–H and O–H groups in total. The fourth-order valence-corrected chi connectivity index (χ4v) is 7.84. The van der Waals surface area contributed by atoms with Crippen molar-refractivity contribution in [3.05, 3.63) is 35.9 Å². The first-order valence-corrected chi connectivity index (χ1v) is 10.4. The quantitative estimate of drug-likeness (QED) is 0.540. The van der Waals surface area contributed by atoms with Crippen LogP contribution in [0.25, 0.3) is 0 Å². The minimum absolute atomic E-state index is 0.205. The molecule has 21 heavy (non-hydrogen) atoms. The van der Waals surface area contributed by atoms with Gasteiger partial charge in [-0.2, -0.15) is 0 Å². The third-order valence-electron chi connectivity index (χ3n) is 5.62. The fourth-order valence-electron chi connectivity index (χ4n) is 4.21. The Morgan fingerprint density at radius 3 is 2.71 bits per heavy atom. The molecular weight excluding hydrogens is 275 g/mol. The molecule has 1 heterocycles. The SMILES string of the molecule is CC1CP(CCOCc2ccccc2)[C@H]2C[C@@H]1CC[C@@H]2C. The van der Waals surface area contributed by atoms with E-state index >= 15 is 0 Å². The van der Waals surface area contributed by atoms with Gasteiger partial charge in [0, 0.05) is 0 Å². The first kappa shape index (κ1) is 15.5. The standard InChI is InChI=1S/C19H29OP/c1-15-8-9-18-12-19(15)21(14-16(18)2)11-10-20-13-17-6-4-3-5-7-17/h3-7,15-16,18-19H,8-14H2,1-2H3/t15-,16?,18-,19-,21?/m0/s1. The Bertz CT molecular complexity index is 432. The Kier molecular flexibility index (Phi) is 5.35. The molecule has 0 amide bonds. The van der Waals surface area contributed by atoms with Crippen molar-refractivity contribution >= 4 is 7.92 Å². The first-order chi connectivity index (χ1) is 10.2. The molecule has 0 spiro atoms. The summed E-state index contributed by atoms with van der Waals surface area (Å²) in [7, 11) is 0.205. The molecule has 1 saturated carbocycles. The lowest BCUT2D eigenvalue weighted by molar-refractivity contribution is 0.135. The molecule has 116 valence electrons. The van der Waals surface area contributed by atoms with Crippen molar-refractivity contribution in [2.75, 3.05) is 18.9 Å². The molecule has 1 saturated heterocycles. The van der Waals surface area contributed by atoms with Crippen LogP contribution >= 0.6 is 7.92 Å². The van der Waals surface area contributed by atoms with Gasteiger partial charge in [0.05, 0.1) is 13.2 Å². The summed E-state index contributed by atoms with van der Waals surface area (Å²) in [4.78, 5) is 0. The van der Waals surface area contributed by atoms with Gasteiger partial charge >= 0.3 is 0 Å². The van der Waals surface area contributed by atoms with Crippen LogP contribution in [0.1, 0.15) is 38.7 Å². The van der Waals surface area contributed by atoms with E-state index < -0.39 is 0 Å². The van der Waals surface area contributed by atoms with Gasteiger partial charge < -0.3 is 4.74 Å². The van der Waals surface area contributed by atoms with Crippen LogP contribution in [0.3, 0.4) is 0 Å². The minimum Gasteiger partial charge on any atom is -0.376 e. The molecule has 2 fully saturated rings. The lowest BCUT2D eigenvalue weighted by Crippen LogP contribution is -2.37. The van der Waals surface area contributed by atoms with Crippen molar-refractivity contribution in [1.82, 2.24) is 0 Å². The number of rotatable bonds is 5. The van der Waals surface area contributed by atoms with Crippen LogP contribution in [0.4, 0.5) is 0 Å². The van der Waals surface area contributed by atoms with Gasteiger partial charge in [-0.25, -0.2) is 0 Å². The topological polar surface area (TPSA) is 9.23 Å². The number of ether oxygens (including phenoxy) is 1. The molecule has 3 rings (SSSR count). The fraction of sp³-hybridized carbons (Fsp3) is 0.684. The van der Waals surface area contributed by atoms with E-state index in [1.54, 1.807) is 0 Å². The lowest BCUT2D eigenvalue weighted by atomic mass is 9.76. The maximum atomic E-state index is 5.95. The van der Waals surface area contributed by atoms with Crippen LogP contribution in [-0.4, -0.2) is 24.6 Å². The van der Waals surface area contributed by atoms with Gasteiger partial charge in [0.1, 0.15) is 0 Å². The summed E-state index contributed by atoms with van der Waals surface area (Å²) in [5, 5.41) is 0. The van der Waals surface area contributed by atoms with Crippen LogP contribution < -0.4 is 0 Å². The largest absolute Gasteiger partial charge is 0.376 e. The molecule has 1 nitrogen and oxygen atoms in total. The average Bonchev–Trinajstić information content (AvgIpc) is 2.51. The second-order valence-corrected chi connectivity index (χ2v) is 9.78. The zero-order valence-electron chi connectivity index (χ0n) is 13.5. The summed E-state index contributed by atoms with van der Waals surface area (Å²) < 4.78 is 5.95. The second kappa shape index (κ2) is 7.25. The van der Waals surface area contributed by atoms with Crippen molar-refractivity contribution in [3.8, 4) is 0 Å². The van der Waals surface area contributed by atoms with E-state index in [1.807, 2.05) is 0 Å². The molecule has 2 heteroatoms. The van der Waals surface area contributed by atoms with Gasteiger partial charge in [-0.05, 0) is 60.6 Å². The molecule has 1 aliphatic heterocycles. The van der Waals surface area contributed by atoms with E-state index in [4.69, 9.17) is 4.74 Å². The molecule has 1 aromatic carbocycles. The highest BCUT2D eigenvalue weighted by atomic mass is 31.1. The highest BCUT2D eigenvalue weighted by molar-refractivity contribution is 7.58. The number of hydrogen-bond acceptors (Lipinski definition) is 1. The van der Waals surface area contributed by atoms with Gasteiger partial charge in [0.2, 0.25) is 0 Å². The maximum absolute atomic E-state index is 5.95. The molecule has 2 bridgehead atoms.